The number of fused-ring (bicyclic) bond motifs is 1. The summed E-state index contributed by atoms with van der Waals surface area (Å²) in [6.07, 6.45) is 3.60. The number of guanidine groups is 1. The molecule has 28 heavy (non-hydrogen) atoms. The molecule has 1 heterocycles. The Bertz CT molecular complexity index is 926. The molecule has 2 amide bonds. The van der Waals surface area contributed by atoms with Crippen LogP contribution in [0, 0.1) is 5.82 Å². The maximum absolute atomic E-state index is 13.5. The quantitative estimate of drug-likeness (QED) is 0.222. The van der Waals surface area contributed by atoms with E-state index in [0.29, 0.717) is 18.5 Å². The Morgan fingerprint density at radius 1 is 1.32 bits per heavy atom. The Labute approximate surface area is 164 Å². The van der Waals surface area contributed by atoms with Crippen LogP contribution in [0.4, 0.5) is 10.1 Å². The number of amides is 2. The third-order valence-corrected chi connectivity index (χ3v) is 4.65. The number of aromatic amines is 1. The smallest absolute Gasteiger partial charge is 0.313 e. The molecule has 0 fully saturated rings. The zero-order valence-electron chi connectivity index (χ0n) is 14.7. The fourth-order valence-corrected chi connectivity index (χ4v) is 3.22. The van der Waals surface area contributed by atoms with Crippen molar-refractivity contribution in [3.8, 4) is 0 Å². The summed E-state index contributed by atoms with van der Waals surface area (Å²) in [6, 6.07) is 2.52. The van der Waals surface area contributed by atoms with E-state index in [-0.39, 0.29) is 16.7 Å². The van der Waals surface area contributed by atoms with Gasteiger partial charge in [0.25, 0.3) is 0 Å². The molecule has 0 unspecified atom stereocenters. The van der Waals surface area contributed by atoms with Crippen LogP contribution in [0.2, 0.25) is 5.02 Å². The zero-order chi connectivity index (χ0) is 20.3. The average molecular weight is 408 g/mol. The highest BCUT2D eigenvalue weighted by Gasteiger charge is 2.32. The van der Waals surface area contributed by atoms with Crippen molar-refractivity contribution < 1.29 is 14.0 Å². The lowest BCUT2D eigenvalue weighted by Gasteiger charge is -2.22. The molecule has 1 aromatic carbocycles. The molecule has 1 aliphatic rings. The second-order valence-corrected chi connectivity index (χ2v) is 6.72. The first kappa shape index (κ1) is 19.6. The maximum atomic E-state index is 13.5. The minimum atomic E-state index is -0.966. The molecule has 2 aromatic rings. The van der Waals surface area contributed by atoms with Gasteiger partial charge < -0.3 is 27.1 Å². The average Bonchev–Trinajstić information content (AvgIpc) is 3.04. The molecule has 0 aliphatic heterocycles. The highest BCUT2D eigenvalue weighted by atomic mass is 35.5. The summed E-state index contributed by atoms with van der Waals surface area (Å²) in [6.45, 7) is 0. The van der Waals surface area contributed by atoms with E-state index in [9.17, 15) is 14.0 Å². The molecule has 1 aliphatic carbocycles. The second-order valence-electron chi connectivity index (χ2n) is 6.31. The number of aromatic nitrogens is 2. The van der Waals surface area contributed by atoms with Gasteiger partial charge in [0.05, 0.1) is 29.1 Å². The Morgan fingerprint density at radius 2 is 2.11 bits per heavy atom. The lowest BCUT2D eigenvalue weighted by atomic mass is 10.0. The number of imidazole rings is 1. The molecule has 0 radical (unpaired) electrons. The molecular weight excluding hydrogens is 389 g/mol. The van der Waals surface area contributed by atoms with E-state index in [2.05, 4.69) is 25.6 Å². The SMILES string of the molecule is NC(N)=N[C@H]1CCCc2[nH]cnc2[C@@H]1NC(=O)C(=O)Nc1ccc(Cl)c(F)c1. The number of aryl methyl sites for hydroxylation is 1. The van der Waals surface area contributed by atoms with Crippen molar-refractivity contribution in [3.05, 3.63) is 46.8 Å². The fourth-order valence-electron chi connectivity index (χ4n) is 3.10. The van der Waals surface area contributed by atoms with E-state index in [4.69, 9.17) is 23.1 Å². The summed E-state index contributed by atoms with van der Waals surface area (Å²) in [5.74, 6) is -2.72. The summed E-state index contributed by atoms with van der Waals surface area (Å²) < 4.78 is 13.5. The standard InChI is InChI=1S/C17H19ClFN7O2/c18-9-5-4-8(6-10(9)19)24-15(27)16(28)26-14-12(25-17(20)21)3-1-2-11-13(14)23-7-22-11/h4-7,12,14H,1-3H2,(H,22,23)(H,24,27)(H,26,28)(H4,20,21,25)/t12-,14+/m0/s1. The second kappa shape index (κ2) is 8.26. The van der Waals surface area contributed by atoms with Gasteiger partial charge in [-0.1, -0.05) is 11.6 Å². The van der Waals surface area contributed by atoms with Crippen LogP contribution in [-0.2, 0) is 16.0 Å². The lowest BCUT2D eigenvalue weighted by Crippen LogP contribution is -2.42. The van der Waals surface area contributed by atoms with Crippen molar-refractivity contribution in [2.45, 2.75) is 31.3 Å². The van der Waals surface area contributed by atoms with Gasteiger partial charge in [-0.15, -0.1) is 0 Å². The van der Waals surface area contributed by atoms with Gasteiger partial charge in [0.1, 0.15) is 5.82 Å². The minimum absolute atomic E-state index is 0.0907. The van der Waals surface area contributed by atoms with Gasteiger partial charge in [-0.2, -0.15) is 0 Å². The minimum Gasteiger partial charge on any atom is -0.370 e. The molecule has 0 spiro atoms. The third-order valence-electron chi connectivity index (χ3n) is 4.34. The molecular formula is C17H19ClFN7O2. The Balaban J connectivity index is 1.78. The number of nitrogens with zero attached hydrogens (tertiary/aromatic N) is 2. The van der Waals surface area contributed by atoms with Gasteiger partial charge in [-0.3, -0.25) is 9.59 Å². The van der Waals surface area contributed by atoms with Crippen LogP contribution in [0.15, 0.2) is 29.5 Å². The van der Waals surface area contributed by atoms with Crippen LogP contribution in [-0.4, -0.2) is 33.8 Å². The Morgan fingerprint density at radius 3 is 2.82 bits per heavy atom. The topological polar surface area (TPSA) is 151 Å². The summed E-state index contributed by atoms with van der Waals surface area (Å²) in [7, 11) is 0. The van der Waals surface area contributed by atoms with E-state index in [0.717, 1.165) is 18.2 Å². The maximum Gasteiger partial charge on any atom is 0.313 e. The molecule has 2 atom stereocenters. The molecule has 3 rings (SSSR count). The van der Waals surface area contributed by atoms with Gasteiger partial charge in [-0.25, -0.2) is 14.4 Å². The molecule has 11 heteroatoms. The van der Waals surface area contributed by atoms with E-state index in [1.807, 2.05) is 0 Å². The Kier molecular flexibility index (Phi) is 5.78. The normalized spacial score (nSPS) is 18.5. The van der Waals surface area contributed by atoms with E-state index in [1.165, 1.54) is 18.5 Å². The van der Waals surface area contributed by atoms with Gasteiger partial charge in [0.2, 0.25) is 0 Å². The van der Waals surface area contributed by atoms with Crippen LogP contribution in [0.3, 0.4) is 0 Å². The monoisotopic (exact) mass is 407 g/mol. The van der Waals surface area contributed by atoms with Crippen molar-refractivity contribution in [1.29, 1.82) is 0 Å². The van der Waals surface area contributed by atoms with E-state index >= 15 is 0 Å². The lowest BCUT2D eigenvalue weighted by molar-refractivity contribution is -0.136. The summed E-state index contributed by atoms with van der Waals surface area (Å²) in [5, 5.41) is 4.87. The molecule has 148 valence electrons. The van der Waals surface area contributed by atoms with Crippen molar-refractivity contribution >= 4 is 35.1 Å². The first-order valence-electron chi connectivity index (χ1n) is 8.53. The molecule has 1 aromatic heterocycles. The highest BCUT2D eigenvalue weighted by Crippen LogP contribution is 2.29. The zero-order valence-corrected chi connectivity index (χ0v) is 15.5. The van der Waals surface area contributed by atoms with Crippen LogP contribution >= 0.6 is 11.6 Å². The number of benzene rings is 1. The van der Waals surface area contributed by atoms with Crippen molar-refractivity contribution in [2.75, 3.05) is 5.32 Å². The first-order valence-corrected chi connectivity index (χ1v) is 8.90. The number of anilines is 1. The van der Waals surface area contributed by atoms with Gasteiger partial charge in [-0.05, 0) is 37.5 Å². The molecule has 0 saturated heterocycles. The number of H-pyrrole nitrogens is 1. The molecule has 0 saturated carbocycles. The number of hydrogen-bond donors (Lipinski definition) is 5. The van der Waals surface area contributed by atoms with Crippen LogP contribution < -0.4 is 22.1 Å². The molecule has 0 bridgehead atoms. The first-order chi connectivity index (χ1) is 13.3. The van der Waals surface area contributed by atoms with E-state index in [1.54, 1.807) is 0 Å². The predicted molar refractivity (Wildman–Crippen MR) is 102 cm³/mol. The van der Waals surface area contributed by atoms with E-state index < -0.39 is 29.7 Å². The van der Waals surface area contributed by atoms with Crippen molar-refractivity contribution in [2.24, 2.45) is 16.5 Å². The number of carbonyl (C=O) groups excluding carboxylic acids is 2. The molecule has 9 nitrogen and oxygen atoms in total. The number of hydrogen-bond acceptors (Lipinski definition) is 4. The van der Waals surface area contributed by atoms with Crippen LogP contribution in [0.5, 0.6) is 0 Å². The van der Waals surface area contributed by atoms with Gasteiger partial charge >= 0.3 is 11.8 Å². The summed E-state index contributed by atoms with van der Waals surface area (Å²) in [4.78, 5) is 36.2. The van der Waals surface area contributed by atoms with Crippen molar-refractivity contribution in [3.63, 3.8) is 0 Å². The Hall–Kier alpha value is -3.14. The molecule has 7 N–H and O–H groups in total. The van der Waals surface area contributed by atoms with Crippen molar-refractivity contribution in [1.82, 2.24) is 15.3 Å². The fraction of sp³-hybridized carbons (Fsp3) is 0.294. The van der Waals surface area contributed by atoms with Crippen LogP contribution in [0.1, 0.15) is 30.3 Å². The number of nitrogens with two attached hydrogens (primary N) is 2. The summed E-state index contributed by atoms with van der Waals surface area (Å²) in [5.41, 5.74) is 12.5. The van der Waals surface area contributed by atoms with Gasteiger partial charge in [0.15, 0.2) is 5.96 Å². The number of halogens is 2. The number of aliphatic imine (C=N–C) groups is 1. The van der Waals surface area contributed by atoms with Gasteiger partial charge in [0, 0.05) is 11.4 Å². The summed E-state index contributed by atoms with van der Waals surface area (Å²) >= 11 is 5.61. The third kappa shape index (κ3) is 4.39. The largest absolute Gasteiger partial charge is 0.370 e. The highest BCUT2D eigenvalue weighted by molar-refractivity contribution is 6.39. The van der Waals surface area contributed by atoms with Crippen LogP contribution in [0.25, 0.3) is 0 Å². The predicted octanol–water partition coefficient (Wildman–Crippen LogP) is 0.976. The number of nitrogens with one attached hydrogen (secondary N) is 3. The number of rotatable bonds is 3. The number of carbonyl (C=O) groups is 2.